The van der Waals surface area contributed by atoms with E-state index in [0.29, 0.717) is 126 Å². The van der Waals surface area contributed by atoms with Crippen molar-refractivity contribution < 1.29 is 46.9 Å². The Morgan fingerprint density at radius 3 is 0.953 bits per heavy atom. The maximum atomic E-state index is 13.4. The van der Waals surface area contributed by atoms with Crippen LogP contribution < -0.4 is 44.2 Å². The molecule has 22 rings (SSSR count). The van der Waals surface area contributed by atoms with E-state index in [2.05, 4.69) is 101 Å². The number of nitrogens with two attached hydrogens (primary N) is 4. The van der Waals surface area contributed by atoms with Crippen molar-refractivity contribution in [3.05, 3.63) is 444 Å². The molecule has 0 atom stereocenters. The van der Waals surface area contributed by atoms with E-state index in [1.807, 2.05) is 219 Å². The second-order valence-electron chi connectivity index (χ2n) is 37.7. The van der Waals surface area contributed by atoms with Gasteiger partial charge in [0.2, 0.25) is 0 Å². The van der Waals surface area contributed by atoms with Gasteiger partial charge in [-0.25, -0.2) is 28.7 Å². The molecule has 28 heteroatoms. The molecule has 750 valence electrons. The Kier molecular flexibility index (Phi) is 30.3. The third kappa shape index (κ3) is 22.2. The summed E-state index contributed by atoms with van der Waals surface area (Å²) in [6, 6.07) is 99.2. The minimum atomic E-state index is -0.379. The predicted octanol–water partition coefficient (Wildman–Crippen LogP) is 22.5. The first-order valence-corrected chi connectivity index (χ1v) is 49.7. The zero-order valence-electron chi connectivity index (χ0n) is 82.8. The number of aromatic nitrogens is 10. The number of H-pyrrole nitrogens is 1. The third-order valence-corrected chi connectivity index (χ3v) is 28.6. The van der Waals surface area contributed by atoms with E-state index >= 15 is 0 Å². The van der Waals surface area contributed by atoms with Crippen molar-refractivity contribution >= 4 is 69.1 Å². The van der Waals surface area contributed by atoms with Gasteiger partial charge in [-0.3, -0.25) is 29.1 Å². The topological polar surface area (TPSA) is 365 Å². The van der Waals surface area contributed by atoms with Crippen LogP contribution in [0.2, 0.25) is 0 Å². The van der Waals surface area contributed by atoms with Gasteiger partial charge < -0.3 is 81.8 Å². The van der Waals surface area contributed by atoms with Crippen LogP contribution >= 0.6 is 0 Å². The first kappa shape index (κ1) is 100. The number of nitrogen functional groups attached to an aromatic ring is 4. The molecule has 18 aromatic rings. The Hall–Kier alpha value is -17.4. The van der Waals surface area contributed by atoms with Gasteiger partial charge in [-0.2, -0.15) is 0 Å². The number of benzene rings is 13. The van der Waals surface area contributed by atoms with Crippen LogP contribution in [0.15, 0.2) is 365 Å². The Morgan fingerprint density at radius 2 is 0.604 bits per heavy atom. The fourth-order valence-corrected chi connectivity index (χ4v) is 20.3. The average molecular weight is 1990 g/mol. The lowest BCUT2D eigenvalue weighted by molar-refractivity contribution is 0.0595. The van der Waals surface area contributed by atoms with Crippen molar-refractivity contribution in [2.75, 3.05) is 97.1 Å². The van der Waals surface area contributed by atoms with E-state index in [1.165, 1.54) is 24.3 Å². The van der Waals surface area contributed by atoms with Crippen LogP contribution in [0, 0.1) is 11.6 Å². The van der Waals surface area contributed by atoms with Gasteiger partial charge in [0.05, 0.1) is 96.6 Å². The van der Waals surface area contributed by atoms with Crippen LogP contribution in [0.3, 0.4) is 0 Å². The summed E-state index contributed by atoms with van der Waals surface area (Å²) in [6.45, 7) is 5.16. The number of imidazole rings is 4. The molecular formula is C121H114F2N18O8. The van der Waals surface area contributed by atoms with Crippen molar-refractivity contribution in [2.24, 2.45) is 21.1 Å². The number of nitrogens with zero attached hydrogens (tertiary/aromatic N) is 9. The minimum absolute atomic E-state index is 0.186. The van der Waals surface area contributed by atoms with Crippen LogP contribution in [0.4, 0.5) is 54.3 Å². The Bertz CT molecular complexity index is 7450. The molecule has 0 radical (unpaired) electrons. The number of nitrogens with one attached hydrogen (secondary N) is 5. The molecule has 0 saturated carbocycles. The predicted molar refractivity (Wildman–Crippen MR) is 581 cm³/mol. The van der Waals surface area contributed by atoms with Crippen molar-refractivity contribution in [1.82, 2.24) is 48.6 Å². The Balaban J connectivity index is 0.000000125. The highest BCUT2D eigenvalue weighted by Gasteiger charge is 2.45. The molecule has 9 heterocycles. The van der Waals surface area contributed by atoms with E-state index in [0.717, 1.165) is 159 Å². The first-order chi connectivity index (χ1) is 72.6. The first-order valence-electron chi connectivity index (χ1n) is 49.7. The summed E-state index contributed by atoms with van der Waals surface area (Å²) in [4.78, 5) is 84.2. The standard InChI is InChI=1S/C34H31FN4O2.C32H29FN6O2.C28H28N4O2.C27H26N4O2/c1-39-22-31(24-5-3-2-4-6-24)38-33(39)34(17-19-41-20-18-34)27-12-7-25(8-13-27)32(40)37-30-21-26(11-16-29(30)36)23-9-14-28(35)15-10-23;1-39-20-29(28-19-35-14-15-36-28)38-31(39)32(12-16-41-17-13-32)24-7-2-22(3-8-24)30(40)37-27-18-23(6-11-26(27)34)21-4-9-25(33)10-5-21;1-32-19-25(20-7-3-2-4-8-20)31-27(32)28(15-17-34-18-16-28)22-13-11-21(12-14-22)26(33)30-24-10-6-5-9-23(24)29;28-22-8-4-5-9-23(22)30-25(32)20-10-12-21(13-11-20)27(14-16-33-17-15-27)26-29-18-24(31-26)19-6-2-1-3-7-19/h2-16,21-22H,17-20,36H2,1H3,(H,37,40);2-11,14-15,18-20H,12-13,16-17,34H2,1H3,(H,37,40);2-14,19H,15-18,29H2,1H3,(H,30,33);1-13,18H,14-17,28H2,(H,29,31)(H,30,32). The monoisotopic (exact) mass is 1980 g/mol. The molecule has 0 spiro atoms. The second-order valence-corrected chi connectivity index (χ2v) is 37.7. The van der Waals surface area contributed by atoms with Crippen molar-refractivity contribution in [3.8, 4) is 67.4 Å². The number of rotatable bonds is 22. The number of hydrogen-bond donors (Lipinski definition) is 9. The number of para-hydroxylation sites is 4. The van der Waals surface area contributed by atoms with Crippen LogP contribution in [0.25, 0.3) is 67.4 Å². The number of aryl methyl sites for hydroxylation is 3. The molecule has 0 aliphatic carbocycles. The Morgan fingerprint density at radius 1 is 0.302 bits per heavy atom. The SMILES string of the molecule is Cn1cc(-c2ccccc2)nc1C1(c2ccc(C(=O)Nc3cc(-c4ccc(F)cc4)ccc3N)cc2)CCOCC1.Cn1cc(-c2ccccc2)nc1C1(c2ccc(C(=O)Nc3ccccc3N)cc2)CCOCC1.Cn1cc(-c2cnccn2)nc1C1(c2ccc(C(=O)Nc3cc(-c4ccc(F)cc4)ccc3N)cc2)CCOCC1.Nc1ccccc1NC(=O)c1ccc(C2(c3ncc(-c4ccccc4)[nH]3)CCOCC2)cc1. The van der Waals surface area contributed by atoms with E-state index in [4.69, 9.17) is 61.8 Å². The molecule has 26 nitrogen and oxygen atoms in total. The van der Waals surface area contributed by atoms with Gasteiger partial charge in [0, 0.05) is 138 Å². The fourth-order valence-electron chi connectivity index (χ4n) is 20.3. The van der Waals surface area contributed by atoms with Crippen molar-refractivity contribution in [3.63, 3.8) is 0 Å². The van der Waals surface area contributed by atoms with E-state index in [1.54, 1.807) is 91.4 Å². The molecule has 4 aliphatic heterocycles. The third-order valence-electron chi connectivity index (χ3n) is 28.6. The molecule has 13 aromatic carbocycles. The zero-order valence-corrected chi connectivity index (χ0v) is 82.8. The summed E-state index contributed by atoms with van der Waals surface area (Å²) in [5.74, 6) is 2.33. The molecule has 0 unspecified atom stereocenters. The van der Waals surface area contributed by atoms with Gasteiger partial charge >= 0.3 is 0 Å². The van der Waals surface area contributed by atoms with Crippen LogP contribution in [0.1, 0.15) is 138 Å². The van der Waals surface area contributed by atoms with E-state index in [9.17, 15) is 28.0 Å². The summed E-state index contributed by atoms with van der Waals surface area (Å²) >= 11 is 0. The number of aromatic amines is 1. The number of anilines is 8. The number of hydrogen-bond acceptors (Lipinski definition) is 18. The second kappa shape index (κ2) is 45.1. The molecule has 13 N–H and O–H groups in total. The molecule has 149 heavy (non-hydrogen) atoms. The number of carbonyl (C=O) groups excluding carboxylic acids is 4. The molecule has 4 saturated heterocycles. The van der Waals surface area contributed by atoms with Crippen molar-refractivity contribution in [1.29, 1.82) is 0 Å². The van der Waals surface area contributed by atoms with Crippen molar-refractivity contribution in [2.45, 2.75) is 73.0 Å². The summed E-state index contributed by atoms with van der Waals surface area (Å²) in [5, 5.41) is 11.7. The molecule has 4 fully saturated rings. The summed E-state index contributed by atoms with van der Waals surface area (Å²) in [7, 11) is 6.09. The summed E-state index contributed by atoms with van der Waals surface area (Å²) in [6.07, 6.45) is 19.5. The molecule has 0 bridgehead atoms. The largest absolute Gasteiger partial charge is 0.397 e. The maximum absolute atomic E-state index is 13.4. The van der Waals surface area contributed by atoms with E-state index in [-0.39, 0.29) is 56.9 Å². The molecule has 5 aromatic heterocycles. The van der Waals surface area contributed by atoms with Crippen LogP contribution in [-0.2, 0) is 61.8 Å². The minimum Gasteiger partial charge on any atom is -0.397 e. The quantitative estimate of drug-likeness (QED) is 0.0285. The number of halogens is 2. The van der Waals surface area contributed by atoms with Gasteiger partial charge in [0.1, 0.15) is 46.3 Å². The lowest BCUT2D eigenvalue weighted by Gasteiger charge is -2.37. The number of carbonyl (C=O) groups is 4. The fraction of sp³-hybridized carbons (Fsp3) is 0.190. The zero-order chi connectivity index (χ0) is 103. The van der Waals surface area contributed by atoms with Crippen LogP contribution in [0.5, 0.6) is 0 Å². The Labute approximate surface area is 862 Å². The number of amides is 4. The van der Waals surface area contributed by atoms with Gasteiger partial charge in [0.15, 0.2) is 0 Å². The summed E-state index contributed by atoms with van der Waals surface area (Å²) < 4.78 is 55.9. The maximum Gasteiger partial charge on any atom is 0.255 e. The van der Waals surface area contributed by atoms with Gasteiger partial charge in [0.25, 0.3) is 23.6 Å². The average Bonchev–Trinajstić information content (AvgIpc) is 1.65. The lowest BCUT2D eigenvalue weighted by Crippen LogP contribution is -2.37. The molecule has 4 amide bonds. The van der Waals surface area contributed by atoms with Crippen LogP contribution in [-0.4, -0.2) is 125 Å². The van der Waals surface area contributed by atoms with Gasteiger partial charge in [-0.1, -0.05) is 200 Å². The highest BCUT2D eigenvalue weighted by Crippen LogP contribution is 2.47. The normalized spacial score (nSPS) is 14.8. The summed E-state index contributed by atoms with van der Waals surface area (Å²) in [5.41, 5.74) is 44.7. The molecular weight excluding hydrogens is 1870 g/mol. The highest BCUT2D eigenvalue weighted by molar-refractivity contribution is 6.08. The van der Waals surface area contributed by atoms with E-state index < -0.39 is 0 Å². The molecule has 4 aliphatic rings. The lowest BCUT2D eigenvalue weighted by atomic mass is 9.73. The van der Waals surface area contributed by atoms with Gasteiger partial charge in [-0.05, 0) is 223 Å². The highest BCUT2D eigenvalue weighted by atomic mass is 19.1. The van der Waals surface area contributed by atoms with Gasteiger partial charge in [-0.15, -0.1) is 0 Å². The smallest absolute Gasteiger partial charge is 0.255 e. The number of ether oxygens (including phenoxy) is 4.